The first kappa shape index (κ1) is 19.2. The fourth-order valence-electron chi connectivity index (χ4n) is 4.30. The molecule has 2 aliphatic rings. The van der Waals surface area contributed by atoms with Crippen LogP contribution < -0.4 is 0 Å². The molecule has 1 aliphatic heterocycles. The van der Waals surface area contributed by atoms with Gasteiger partial charge in [0.25, 0.3) is 0 Å². The van der Waals surface area contributed by atoms with Crippen LogP contribution in [0.4, 0.5) is 0 Å². The largest absolute Gasteiger partial charge is 0.376 e. The Labute approximate surface area is 144 Å². The number of hydrogen-bond acceptors (Lipinski definition) is 3. The lowest BCUT2D eigenvalue weighted by Crippen LogP contribution is -2.49. The van der Waals surface area contributed by atoms with E-state index in [1.54, 1.807) is 0 Å². The van der Waals surface area contributed by atoms with Crippen molar-refractivity contribution in [3.63, 3.8) is 0 Å². The molecule has 1 aliphatic carbocycles. The highest BCUT2D eigenvalue weighted by Gasteiger charge is 2.27. The monoisotopic (exact) mass is 324 g/mol. The molecule has 0 N–H and O–H groups in total. The third-order valence-electron chi connectivity index (χ3n) is 6.03. The summed E-state index contributed by atoms with van der Waals surface area (Å²) in [6.45, 7) is 17.8. The summed E-state index contributed by atoms with van der Waals surface area (Å²) >= 11 is 0. The van der Waals surface area contributed by atoms with Crippen LogP contribution in [0.2, 0.25) is 0 Å². The smallest absolute Gasteiger partial charge is 0.0578 e. The molecule has 2 fully saturated rings. The lowest BCUT2D eigenvalue weighted by atomic mass is 9.78. The van der Waals surface area contributed by atoms with Crippen molar-refractivity contribution in [2.75, 3.05) is 32.7 Å². The minimum absolute atomic E-state index is 0.387. The molecule has 0 unspecified atom stereocenters. The molecule has 0 bridgehead atoms. The maximum absolute atomic E-state index is 5.99. The summed E-state index contributed by atoms with van der Waals surface area (Å²) in [7, 11) is 0. The second-order valence-corrected chi connectivity index (χ2v) is 8.46. The Morgan fingerprint density at radius 3 is 2.00 bits per heavy atom. The predicted molar refractivity (Wildman–Crippen MR) is 98.9 cm³/mol. The molecule has 136 valence electrons. The molecular weight excluding hydrogens is 284 g/mol. The normalized spacial score (nSPS) is 29.3. The van der Waals surface area contributed by atoms with Crippen LogP contribution in [0.15, 0.2) is 0 Å². The molecule has 1 saturated heterocycles. The summed E-state index contributed by atoms with van der Waals surface area (Å²) in [4.78, 5) is 5.29. The summed E-state index contributed by atoms with van der Waals surface area (Å²) in [5, 5.41) is 0. The predicted octanol–water partition coefficient (Wildman–Crippen LogP) is 4.02. The summed E-state index contributed by atoms with van der Waals surface area (Å²) < 4.78 is 5.99. The van der Waals surface area contributed by atoms with E-state index in [0.717, 1.165) is 11.8 Å². The van der Waals surface area contributed by atoms with Crippen LogP contribution in [-0.2, 0) is 4.74 Å². The van der Waals surface area contributed by atoms with Crippen LogP contribution in [0, 0.1) is 11.8 Å². The molecule has 0 aromatic heterocycles. The van der Waals surface area contributed by atoms with E-state index in [2.05, 4.69) is 44.4 Å². The van der Waals surface area contributed by atoms with Gasteiger partial charge in [0.15, 0.2) is 0 Å². The lowest BCUT2D eigenvalue weighted by Gasteiger charge is -2.38. The zero-order valence-electron chi connectivity index (χ0n) is 16.3. The molecule has 0 spiro atoms. The van der Waals surface area contributed by atoms with E-state index in [-0.39, 0.29) is 0 Å². The lowest BCUT2D eigenvalue weighted by molar-refractivity contribution is -0.0245. The van der Waals surface area contributed by atoms with Gasteiger partial charge in [0.2, 0.25) is 0 Å². The molecule has 1 atom stereocenters. The van der Waals surface area contributed by atoms with Gasteiger partial charge in [-0.2, -0.15) is 0 Å². The van der Waals surface area contributed by atoms with Crippen LogP contribution >= 0.6 is 0 Å². The van der Waals surface area contributed by atoms with Gasteiger partial charge in [-0.25, -0.2) is 0 Å². The van der Waals surface area contributed by atoms with Crippen LogP contribution in [0.25, 0.3) is 0 Å². The van der Waals surface area contributed by atoms with E-state index in [4.69, 9.17) is 4.74 Å². The number of nitrogens with zero attached hydrogens (tertiary/aromatic N) is 2. The Hall–Kier alpha value is -0.120. The zero-order valence-corrected chi connectivity index (χ0v) is 16.3. The molecule has 0 amide bonds. The number of ether oxygens (including phenoxy) is 1. The number of rotatable bonds is 7. The standard InChI is InChI=1S/C20H40N2O/c1-16(2)22-14-12-21(13-15-22)11-10-18(5)19-6-8-20(9-7-19)23-17(3)4/h16-20H,6-15H2,1-5H3/t18-,19-,20-/m1/s1. The number of piperazine rings is 1. The fraction of sp³-hybridized carbons (Fsp3) is 1.00. The fourth-order valence-corrected chi connectivity index (χ4v) is 4.30. The summed E-state index contributed by atoms with van der Waals surface area (Å²) in [5.74, 6) is 1.80. The first-order valence-electron chi connectivity index (χ1n) is 10.1. The minimum atomic E-state index is 0.387. The molecule has 0 aromatic rings. The van der Waals surface area contributed by atoms with Crippen molar-refractivity contribution >= 4 is 0 Å². The molecule has 23 heavy (non-hydrogen) atoms. The van der Waals surface area contributed by atoms with Crippen molar-refractivity contribution in [1.82, 2.24) is 9.80 Å². The highest BCUT2D eigenvalue weighted by Crippen LogP contribution is 2.33. The van der Waals surface area contributed by atoms with Crippen molar-refractivity contribution in [2.45, 2.75) is 85.0 Å². The topological polar surface area (TPSA) is 15.7 Å². The summed E-state index contributed by atoms with van der Waals surface area (Å²) in [6, 6.07) is 0.708. The van der Waals surface area contributed by atoms with Gasteiger partial charge in [0.1, 0.15) is 0 Å². The van der Waals surface area contributed by atoms with Crippen molar-refractivity contribution in [2.24, 2.45) is 11.8 Å². The van der Waals surface area contributed by atoms with Gasteiger partial charge in [0.05, 0.1) is 12.2 Å². The average molecular weight is 325 g/mol. The average Bonchev–Trinajstić information content (AvgIpc) is 2.53. The van der Waals surface area contributed by atoms with Gasteiger partial charge in [0, 0.05) is 32.2 Å². The Morgan fingerprint density at radius 2 is 1.48 bits per heavy atom. The van der Waals surface area contributed by atoms with E-state index in [9.17, 15) is 0 Å². The Balaban J connectivity index is 1.61. The highest BCUT2D eigenvalue weighted by molar-refractivity contribution is 4.79. The second kappa shape index (κ2) is 9.39. The van der Waals surface area contributed by atoms with Crippen molar-refractivity contribution in [1.29, 1.82) is 0 Å². The number of hydrogen-bond donors (Lipinski definition) is 0. The molecule has 1 heterocycles. The van der Waals surface area contributed by atoms with Crippen molar-refractivity contribution < 1.29 is 4.74 Å². The van der Waals surface area contributed by atoms with Crippen LogP contribution in [0.5, 0.6) is 0 Å². The third kappa shape index (κ3) is 6.36. The minimum Gasteiger partial charge on any atom is -0.376 e. The first-order valence-corrected chi connectivity index (χ1v) is 10.1. The Bertz CT molecular complexity index is 316. The Morgan fingerprint density at radius 1 is 0.870 bits per heavy atom. The molecule has 3 nitrogen and oxygen atoms in total. The quantitative estimate of drug-likeness (QED) is 0.703. The van der Waals surface area contributed by atoms with Gasteiger partial charge in [-0.3, -0.25) is 4.90 Å². The zero-order chi connectivity index (χ0) is 16.8. The van der Waals surface area contributed by atoms with Gasteiger partial charge in [-0.15, -0.1) is 0 Å². The van der Waals surface area contributed by atoms with Gasteiger partial charge in [-0.1, -0.05) is 6.92 Å². The second-order valence-electron chi connectivity index (χ2n) is 8.46. The van der Waals surface area contributed by atoms with E-state index >= 15 is 0 Å². The van der Waals surface area contributed by atoms with Gasteiger partial charge in [-0.05, 0) is 78.2 Å². The molecule has 3 heteroatoms. The van der Waals surface area contributed by atoms with E-state index < -0.39 is 0 Å². The van der Waals surface area contributed by atoms with Crippen molar-refractivity contribution in [3.05, 3.63) is 0 Å². The highest BCUT2D eigenvalue weighted by atomic mass is 16.5. The van der Waals surface area contributed by atoms with Crippen LogP contribution in [-0.4, -0.2) is 60.8 Å². The third-order valence-corrected chi connectivity index (χ3v) is 6.03. The molecule has 2 rings (SSSR count). The van der Waals surface area contributed by atoms with E-state index in [0.29, 0.717) is 18.2 Å². The summed E-state index contributed by atoms with van der Waals surface area (Å²) in [5.41, 5.74) is 0. The SMILES string of the molecule is CC(C)O[C@H]1CC[C@H]([C@H](C)CCN2CCN(C(C)C)CC2)CC1. The van der Waals surface area contributed by atoms with Crippen molar-refractivity contribution in [3.8, 4) is 0 Å². The maximum atomic E-state index is 5.99. The Kier molecular flexibility index (Phi) is 7.84. The first-order chi connectivity index (χ1) is 11.0. The molecule has 1 saturated carbocycles. The van der Waals surface area contributed by atoms with E-state index in [1.165, 1.54) is 64.8 Å². The summed E-state index contributed by atoms with van der Waals surface area (Å²) in [6.07, 6.45) is 7.60. The van der Waals surface area contributed by atoms with Gasteiger partial charge < -0.3 is 9.64 Å². The van der Waals surface area contributed by atoms with Crippen LogP contribution in [0.1, 0.15) is 66.7 Å². The molecule has 0 radical (unpaired) electrons. The van der Waals surface area contributed by atoms with Crippen LogP contribution in [0.3, 0.4) is 0 Å². The van der Waals surface area contributed by atoms with E-state index in [1.807, 2.05) is 0 Å². The molecular formula is C20H40N2O. The molecule has 0 aromatic carbocycles. The maximum Gasteiger partial charge on any atom is 0.0578 e. The van der Waals surface area contributed by atoms with Gasteiger partial charge >= 0.3 is 0 Å².